The third-order valence-corrected chi connectivity index (χ3v) is 13.5. The van der Waals surface area contributed by atoms with E-state index in [0.717, 1.165) is 89.9 Å². The molecule has 1 saturated heterocycles. The van der Waals surface area contributed by atoms with Crippen molar-refractivity contribution < 1.29 is 58.2 Å². The molecule has 0 aromatic carbocycles. The zero-order valence-electron chi connectivity index (χ0n) is 45.5. The van der Waals surface area contributed by atoms with Crippen molar-refractivity contribution in [3.05, 3.63) is 24.3 Å². The van der Waals surface area contributed by atoms with E-state index in [2.05, 4.69) is 45.1 Å². The molecule has 0 aliphatic carbocycles. The van der Waals surface area contributed by atoms with E-state index in [1.807, 2.05) is 0 Å². The van der Waals surface area contributed by atoms with E-state index in [4.69, 9.17) is 23.7 Å². The van der Waals surface area contributed by atoms with Crippen LogP contribution in [-0.2, 0) is 42.9 Å². The van der Waals surface area contributed by atoms with Crippen LogP contribution in [0.15, 0.2) is 24.3 Å². The number of ether oxygens (including phenoxy) is 5. The molecular formula is C59H106O12. The van der Waals surface area contributed by atoms with Crippen LogP contribution in [0.4, 0.5) is 0 Å². The molecule has 0 radical (unpaired) electrons. The van der Waals surface area contributed by atoms with Gasteiger partial charge in [-0.2, -0.15) is 0 Å². The lowest BCUT2D eigenvalue weighted by molar-refractivity contribution is -0.301. The summed E-state index contributed by atoms with van der Waals surface area (Å²) < 4.78 is 28.4. The lowest BCUT2D eigenvalue weighted by atomic mass is 9.98. The smallest absolute Gasteiger partial charge is 0.335 e. The van der Waals surface area contributed by atoms with Gasteiger partial charge in [-0.25, -0.2) is 4.79 Å². The fourth-order valence-corrected chi connectivity index (χ4v) is 8.95. The van der Waals surface area contributed by atoms with Crippen LogP contribution in [0.25, 0.3) is 0 Å². The Balaban J connectivity index is 2.68. The number of carboxylic acid groups (broad SMARTS) is 1. The predicted octanol–water partition coefficient (Wildman–Crippen LogP) is 14.7. The number of carbonyl (C=O) groups is 4. The first-order chi connectivity index (χ1) is 34.6. The van der Waals surface area contributed by atoms with E-state index in [9.17, 15) is 34.5 Å². The number of esters is 3. The van der Waals surface area contributed by atoms with Gasteiger partial charge in [-0.1, -0.05) is 212 Å². The number of hydrogen-bond acceptors (Lipinski definition) is 11. The van der Waals surface area contributed by atoms with Crippen LogP contribution in [0.2, 0.25) is 0 Å². The van der Waals surface area contributed by atoms with Crippen molar-refractivity contribution in [3.8, 4) is 0 Å². The van der Waals surface area contributed by atoms with Crippen molar-refractivity contribution in [1.29, 1.82) is 0 Å². The van der Waals surface area contributed by atoms with Crippen LogP contribution >= 0.6 is 0 Å². The molecule has 414 valence electrons. The predicted molar refractivity (Wildman–Crippen MR) is 285 cm³/mol. The summed E-state index contributed by atoms with van der Waals surface area (Å²) in [4.78, 5) is 51.0. The fraction of sp³-hybridized carbons (Fsp3) is 0.864. The average Bonchev–Trinajstić information content (AvgIpc) is 3.35. The number of allylic oxidation sites excluding steroid dienone is 4. The first-order valence-corrected chi connectivity index (χ1v) is 29.3. The number of aliphatic hydroxyl groups excluding tert-OH is 2. The van der Waals surface area contributed by atoms with E-state index < -0.39 is 67.3 Å². The van der Waals surface area contributed by atoms with Gasteiger partial charge in [0.05, 0.1) is 6.61 Å². The van der Waals surface area contributed by atoms with Gasteiger partial charge in [-0.3, -0.25) is 14.4 Å². The highest BCUT2D eigenvalue weighted by Crippen LogP contribution is 2.26. The maximum absolute atomic E-state index is 13.1. The minimum absolute atomic E-state index is 0.0646. The molecule has 12 heteroatoms. The van der Waals surface area contributed by atoms with E-state index >= 15 is 0 Å². The molecule has 3 N–H and O–H groups in total. The summed E-state index contributed by atoms with van der Waals surface area (Å²) in [6, 6.07) is 0. The number of aliphatic carboxylic acids is 1. The van der Waals surface area contributed by atoms with Crippen LogP contribution in [0, 0.1) is 0 Å². The number of hydrogen-bond donors (Lipinski definition) is 3. The molecule has 0 aromatic rings. The number of aliphatic hydroxyl groups is 2. The van der Waals surface area contributed by atoms with E-state index in [1.165, 1.54) is 128 Å². The third-order valence-electron chi connectivity index (χ3n) is 13.5. The van der Waals surface area contributed by atoms with Gasteiger partial charge in [0.2, 0.25) is 0 Å². The summed E-state index contributed by atoms with van der Waals surface area (Å²) in [7, 11) is 0. The van der Waals surface area contributed by atoms with Gasteiger partial charge in [0.25, 0.3) is 0 Å². The van der Waals surface area contributed by atoms with E-state index in [1.54, 1.807) is 0 Å². The molecule has 0 amide bonds. The zero-order valence-corrected chi connectivity index (χ0v) is 45.5. The average molecular weight is 1010 g/mol. The molecule has 0 aromatic heterocycles. The highest BCUT2D eigenvalue weighted by atomic mass is 16.7. The standard InChI is InChI=1S/C59H106O12/c1-4-7-10-13-16-19-22-24-25-26-27-29-31-33-36-39-42-45-51(60)67-48-50(69-52(61)46-43-40-37-35-32-28-23-20-17-14-11-8-5-2)49-68-59-57(55(64)54(63)56(71-59)58(65)66)70-53(62)47-44-41-38-34-30-21-18-15-12-9-6-3/h20,23-25,50,54-57,59,63-64H,4-19,21-22,26-49H2,1-3H3,(H,65,66)/b23-20-,25-24-. The first kappa shape index (κ1) is 66.2. The second-order valence-corrected chi connectivity index (χ2v) is 20.3. The Morgan fingerprint density at radius 3 is 1.21 bits per heavy atom. The Labute approximate surface area is 432 Å². The van der Waals surface area contributed by atoms with Gasteiger partial charge in [0.1, 0.15) is 18.8 Å². The van der Waals surface area contributed by atoms with Gasteiger partial charge in [0, 0.05) is 19.3 Å². The molecule has 0 bridgehead atoms. The highest BCUT2D eigenvalue weighted by molar-refractivity contribution is 5.74. The molecule has 6 atom stereocenters. The molecule has 1 fully saturated rings. The van der Waals surface area contributed by atoms with E-state index in [-0.39, 0.29) is 25.9 Å². The first-order valence-electron chi connectivity index (χ1n) is 29.3. The fourth-order valence-electron chi connectivity index (χ4n) is 8.95. The summed E-state index contributed by atoms with van der Waals surface area (Å²) in [5.74, 6) is -3.11. The van der Waals surface area contributed by atoms with Gasteiger partial charge < -0.3 is 39.0 Å². The summed E-state index contributed by atoms with van der Waals surface area (Å²) in [6.45, 7) is 5.96. The van der Waals surface area contributed by atoms with Crippen LogP contribution in [-0.4, -0.2) is 89.2 Å². The van der Waals surface area contributed by atoms with Crippen molar-refractivity contribution in [2.75, 3.05) is 13.2 Å². The van der Waals surface area contributed by atoms with Gasteiger partial charge in [-0.05, 0) is 70.6 Å². The Kier molecular flexibility index (Phi) is 44.9. The van der Waals surface area contributed by atoms with Crippen molar-refractivity contribution in [2.24, 2.45) is 0 Å². The largest absolute Gasteiger partial charge is 0.479 e. The molecule has 1 aliphatic heterocycles. The number of carboxylic acids is 1. The lowest BCUT2D eigenvalue weighted by Gasteiger charge is -2.40. The third kappa shape index (κ3) is 38.4. The Hall–Kier alpha value is -2.80. The van der Waals surface area contributed by atoms with Crippen molar-refractivity contribution in [2.45, 2.75) is 314 Å². The van der Waals surface area contributed by atoms with Crippen LogP contribution in [0.1, 0.15) is 278 Å². The molecule has 0 saturated carbocycles. The molecule has 1 aliphatic rings. The van der Waals surface area contributed by atoms with E-state index in [0.29, 0.717) is 19.3 Å². The minimum Gasteiger partial charge on any atom is -0.479 e. The van der Waals surface area contributed by atoms with Crippen molar-refractivity contribution in [1.82, 2.24) is 0 Å². The number of carbonyl (C=O) groups excluding carboxylic acids is 3. The van der Waals surface area contributed by atoms with Gasteiger partial charge in [0.15, 0.2) is 24.6 Å². The van der Waals surface area contributed by atoms with Crippen LogP contribution in [0.3, 0.4) is 0 Å². The molecule has 1 heterocycles. The van der Waals surface area contributed by atoms with Crippen molar-refractivity contribution in [3.63, 3.8) is 0 Å². The molecule has 12 nitrogen and oxygen atoms in total. The molecule has 71 heavy (non-hydrogen) atoms. The van der Waals surface area contributed by atoms with Gasteiger partial charge in [-0.15, -0.1) is 0 Å². The number of rotatable bonds is 50. The number of unbranched alkanes of at least 4 members (excludes halogenated alkanes) is 32. The summed E-state index contributed by atoms with van der Waals surface area (Å²) in [6.07, 6.45) is 41.5. The molecule has 0 spiro atoms. The molecule has 1 rings (SSSR count). The summed E-state index contributed by atoms with van der Waals surface area (Å²) >= 11 is 0. The van der Waals surface area contributed by atoms with Gasteiger partial charge >= 0.3 is 23.9 Å². The maximum atomic E-state index is 13.1. The summed E-state index contributed by atoms with van der Waals surface area (Å²) in [5.41, 5.74) is 0. The highest BCUT2D eigenvalue weighted by Gasteiger charge is 2.50. The zero-order chi connectivity index (χ0) is 51.8. The Bertz CT molecular complexity index is 1340. The quantitative estimate of drug-likeness (QED) is 0.0228. The second-order valence-electron chi connectivity index (χ2n) is 20.3. The van der Waals surface area contributed by atoms with Crippen LogP contribution < -0.4 is 0 Å². The normalized spacial score (nSPS) is 18.6. The lowest BCUT2D eigenvalue weighted by Crippen LogP contribution is -2.61. The topological polar surface area (TPSA) is 175 Å². The molecular weight excluding hydrogens is 901 g/mol. The summed E-state index contributed by atoms with van der Waals surface area (Å²) in [5, 5.41) is 31.4. The SMILES string of the molecule is CCCCCC/C=C\CCCCCCCC(=O)OC(COC(=O)CCCCCCCCC/C=C\CCCCCCCC)COC1OC(C(=O)O)C(O)C(O)C1OC(=O)CCCCCCCCCCCCC. The second kappa shape index (κ2) is 48.2. The Morgan fingerprint density at radius 2 is 0.803 bits per heavy atom. The Morgan fingerprint density at radius 1 is 0.451 bits per heavy atom. The maximum Gasteiger partial charge on any atom is 0.335 e. The monoisotopic (exact) mass is 1010 g/mol. The van der Waals surface area contributed by atoms with Crippen LogP contribution in [0.5, 0.6) is 0 Å². The molecule has 6 unspecified atom stereocenters. The van der Waals surface area contributed by atoms with Crippen molar-refractivity contribution >= 4 is 23.9 Å². The minimum atomic E-state index is -1.90.